The molecule has 1 N–H and O–H groups in total. The van der Waals surface area contributed by atoms with Gasteiger partial charge in [-0.05, 0) is 24.3 Å². The molecule has 0 radical (unpaired) electrons. The number of carbonyl (C=O) groups excluding carboxylic acids is 1. The number of hydrogen-bond donors (Lipinski definition) is 1. The first kappa shape index (κ1) is 19.7. The van der Waals surface area contributed by atoms with Gasteiger partial charge in [-0.3, -0.25) is 4.79 Å². The fourth-order valence-corrected chi connectivity index (χ4v) is 3.25. The molecule has 2 aromatic carbocycles. The average molecular weight is 413 g/mol. The van der Waals surface area contributed by atoms with E-state index in [1.807, 2.05) is 23.1 Å². The highest BCUT2D eigenvalue weighted by Crippen LogP contribution is 2.19. The molecule has 1 saturated heterocycles. The molecular weight excluding hydrogens is 395 g/mol. The van der Waals surface area contributed by atoms with Gasteiger partial charge in [0.15, 0.2) is 17.5 Å². The Kier molecular flexibility index (Phi) is 5.51. The maximum atomic E-state index is 13.8. The molecule has 1 aliphatic rings. The van der Waals surface area contributed by atoms with Crippen LogP contribution in [-0.2, 0) is 0 Å². The lowest BCUT2D eigenvalue weighted by atomic mass is 10.2. The molecule has 0 spiro atoms. The summed E-state index contributed by atoms with van der Waals surface area (Å²) in [6.45, 7) is 3.11. The van der Waals surface area contributed by atoms with Gasteiger partial charge < -0.3 is 15.1 Å². The number of benzene rings is 2. The van der Waals surface area contributed by atoms with Crippen molar-refractivity contribution in [2.24, 2.45) is 0 Å². The molecular formula is C21H18F3N5O. The number of amides is 1. The van der Waals surface area contributed by atoms with Gasteiger partial charge in [-0.25, -0.2) is 23.1 Å². The normalized spacial score (nSPS) is 14.0. The largest absolute Gasteiger partial charge is 0.368 e. The van der Waals surface area contributed by atoms with Crippen LogP contribution in [0, 0.1) is 17.5 Å². The fourth-order valence-electron chi connectivity index (χ4n) is 3.25. The molecule has 1 aromatic heterocycles. The summed E-state index contributed by atoms with van der Waals surface area (Å²) in [6, 6.07) is 11.7. The third-order valence-electron chi connectivity index (χ3n) is 4.86. The molecule has 0 saturated carbocycles. The first-order chi connectivity index (χ1) is 14.5. The van der Waals surface area contributed by atoms with Crippen LogP contribution in [0.1, 0.15) is 10.4 Å². The number of piperazine rings is 1. The molecule has 2 heterocycles. The van der Waals surface area contributed by atoms with Crippen LogP contribution >= 0.6 is 0 Å². The first-order valence-corrected chi connectivity index (χ1v) is 9.35. The van der Waals surface area contributed by atoms with Gasteiger partial charge in [0.05, 0.1) is 23.6 Å². The molecule has 9 heteroatoms. The number of nitrogens with zero attached hydrogens (tertiary/aromatic N) is 4. The van der Waals surface area contributed by atoms with Crippen molar-refractivity contribution >= 4 is 23.2 Å². The van der Waals surface area contributed by atoms with Crippen molar-refractivity contribution in [2.45, 2.75) is 0 Å². The van der Waals surface area contributed by atoms with E-state index < -0.39 is 28.9 Å². The van der Waals surface area contributed by atoms with Crippen molar-refractivity contribution in [1.29, 1.82) is 0 Å². The molecule has 1 aliphatic heterocycles. The van der Waals surface area contributed by atoms with E-state index in [2.05, 4.69) is 32.3 Å². The number of halogens is 3. The van der Waals surface area contributed by atoms with Gasteiger partial charge in [0, 0.05) is 31.9 Å². The number of nitrogens with one attached hydrogen (secondary N) is 1. The number of para-hydroxylation sites is 1. The topological polar surface area (TPSA) is 61.4 Å². The minimum Gasteiger partial charge on any atom is -0.368 e. The fraction of sp³-hybridized carbons (Fsp3) is 0.190. The number of carbonyl (C=O) groups is 1. The number of anilines is 3. The van der Waals surface area contributed by atoms with E-state index in [0.29, 0.717) is 12.0 Å². The van der Waals surface area contributed by atoms with Crippen molar-refractivity contribution < 1.29 is 18.0 Å². The molecule has 0 aliphatic carbocycles. The summed E-state index contributed by atoms with van der Waals surface area (Å²) in [4.78, 5) is 25.0. The van der Waals surface area contributed by atoms with Crippen LogP contribution in [0.5, 0.6) is 0 Å². The van der Waals surface area contributed by atoms with Crippen LogP contribution in [0.3, 0.4) is 0 Å². The zero-order chi connectivity index (χ0) is 21.1. The highest BCUT2D eigenvalue weighted by molar-refractivity contribution is 6.04. The van der Waals surface area contributed by atoms with Crippen molar-refractivity contribution in [3.05, 3.63) is 77.9 Å². The maximum Gasteiger partial charge on any atom is 0.258 e. The van der Waals surface area contributed by atoms with Gasteiger partial charge in [-0.15, -0.1) is 0 Å². The summed E-state index contributed by atoms with van der Waals surface area (Å²) >= 11 is 0. The van der Waals surface area contributed by atoms with Gasteiger partial charge >= 0.3 is 0 Å². The number of aromatic nitrogens is 2. The minimum absolute atomic E-state index is 0.218. The summed E-state index contributed by atoms with van der Waals surface area (Å²) in [5, 5.41) is 2.38. The summed E-state index contributed by atoms with van der Waals surface area (Å²) in [7, 11) is 0. The van der Waals surface area contributed by atoms with Crippen molar-refractivity contribution in [2.75, 3.05) is 41.3 Å². The zero-order valence-corrected chi connectivity index (χ0v) is 15.9. The van der Waals surface area contributed by atoms with E-state index >= 15 is 0 Å². The Bertz CT molecular complexity index is 1040. The van der Waals surface area contributed by atoms with Crippen LogP contribution in [0.2, 0.25) is 0 Å². The second-order valence-electron chi connectivity index (χ2n) is 6.76. The highest BCUT2D eigenvalue weighted by Gasteiger charge is 2.21. The Balaban J connectivity index is 1.38. The van der Waals surface area contributed by atoms with Gasteiger partial charge in [0.1, 0.15) is 0 Å². The lowest BCUT2D eigenvalue weighted by Crippen LogP contribution is -2.47. The third-order valence-corrected chi connectivity index (χ3v) is 4.86. The Hall–Kier alpha value is -3.62. The van der Waals surface area contributed by atoms with Gasteiger partial charge in [0.2, 0.25) is 5.95 Å². The van der Waals surface area contributed by atoms with Gasteiger partial charge in [-0.2, -0.15) is 0 Å². The lowest BCUT2D eigenvalue weighted by molar-refractivity contribution is 0.102. The summed E-state index contributed by atoms with van der Waals surface area (Å²) in [5.41, 5.74) is 0.784. The third kappa shape index (κ3) is 4.05. The second kappa shape index (κ2) is 8.40. The lowest BCUT2D eigenvalue weighted by Gasteiger charge is -2.36. The molecule has 0 unspecified atom stereocenters. The van der Waals surface area contributed by atoms with Crippen LogP contribution in [0.4, 0.5) is 30.5 Å². The predicted octanol–water partition coefficient (Wildman–Crippen LogP) is 3.47. The van der Waals surface area contributed by atoms with Crippen molar-refractivity contribution in [3.63, 3.8) is 0 Å². The molecule has 154 valence electrons. The van der Waals surface area contributed by atoms with Crippen LogP contribution in [-0.4, -0.2) is 42.1 Å². The second-order valence-corrected chi connectivity index (χ2v) is 6.76. The van der Waals surface area contributed by atoms with E-state index in [9.17, 15) is 18.0 Å². The summed E-state index contributed by atoms with van der Waals surface area (Å²) in [5.74, 6) is -4.99. The molecule has 6 nitrogen and oxygen atoms in total. The van der Waals surface area contributed by atoms with E-state index in [1.54, 1.807) is 0 Å². The predicted molar refractivity (Wildman–Crippen MR) is 107 cm³/mol. The number of rotatable bonds is 4. The Morgan fingerprint density at radius 1 is 0.833 bits per heavy atom. The van der Waals surface area contributed by atoms with Gasteiger partial charge in [-0.1, -0.05) is 18.2 Å². The molecule has 0 atom stereocenters. The molecule has 3 aromatic rings. The molecule has 30 heavy (non-hydrogen) atoms. The molecule has 1 fully saturated rings. The van der Waals surface area contributed by atoms with Crippen LogP contribution < -0.4 is 15.1 Å². The summed E-state index contributed by atoms with van der Waals surface area (Å²) in [6.07, 6.45) is 2.78. The highest BCUT2D eigenvalue weighted by atomic mass is 19.2. The monoisotopic (exact) mass is 413 g/mol. The Labute approximate surface area is 171 Å². The smallest absolute Gasteiger partial charge is 0.258 e. The zero-order valence-electron chi connectivity index (χ0n) is 15.9. The minimum atomic E-state index is -1.69. The van der Waals surface area contributed by atoms with Crippen LogP contribution in [0.25, 0.3) is 0 Å². The Morgan fingerprint density at radius 3 is 2.13 bits per heavy atom. The first-order valence-electron chi connectivity index (χ1n) is 9.35. The standard InChI is InChI=1S/C21H18F3N5O/c22-17-7-6-16(18(23)19(17)24)20(30)27-14-12-25-21(26-13-14)29-10-8-28(9-11-29)15-4-2-1-3-5-15/h1-7,12-13H,8-11H2,(H,27,30). The SMILES string of the molecule is O=C(Nc1cnc(N2CCN(c3ccccc3)CC2)nc1)c1ccc(F)c(F)c1F. The molecule has 1 amide bonds. The van der Waals surface area contributed by atoms with E-state index in [1.165, 1.54) is 18.1 Å². The Morgan fingerprint density at radius 2 is 1.47 bits per heavy atom. The van der Waals surface area contributed by atoms with E-state index in [0.717, 1.165) is 32.2 Å². The van der Waals surface area contributed by atoms with E-state index in [4.69, 9.17) is 0 Å². The quantitative estimate of drug-likeness (QED) is 0.664. The average Bonchev–Trinajstić information content (AvgIpc) is 2.79. The number of hydrogen-bond acceptors (Lipinski definition) is 5. The van der Waals surface area contributed by atoms with Crippen LogP contribution in [0.15, 0.2) is 54.9 Å². The summed E-state index contributed by atoms with van der Waals surface area (Å²) < 4.78 is 40.1. The maximum absolute atomic E-state index is 13.8. The molecule has 0 bridgehead atoms. The van der Waals surface area contributed by atoms with Crippen molar-refractivity contribution in [1.82, 2.24) is 9.97 Å². The van der Waals surface area contributed by atoms with Crippen molar-refractivity contribution in [3.8, 4) is 0 Å². The van der Waals surface area contributed by atoms with E-state index in [-0.39, 0.29) is 5.69 Å². The van der Waals surface area contributed by atoms with Gasteiger partial charge in [0.25, 0.3) is 5.91 Å². The molecule has 4 rings (SSSR count).